The Bertz CT molecular complexity index is 859. The molecule has 0 aliphatic rings. The van der Waals surface area contributed by atoms with Gasteiger partial charge in [0, 0.05) is 25.9 Å². The maximum Gasteiger partial charge on any atom is 0.256 e. The Balaban J connectivity index is 1.81. The van der Waals surface area contributed by atoms with Crippen LogP contribution in [0.1, 0.15) is 15.9 Å². The van der Waals surface area contributed by atoms with Gasteiger partial charge in [-0.1, -0.05) is 0 Å². The van der Waals surface area contributed by atoms with Crippen LogP contribution in [0.4, 0.5) is 11.8 Å². The quantitative estimate of drug-likeness (QED) is 0.786. The van der Waals surface area contributed by atoms with Gasteiger partial charge in [-0.25, -0.2) is 14.6 Å². The van der Waals surface area contributed by atoms with E-state index in [0.29, 0.717) is 17.3 Å². The molecule has 0 unspecified atom stereocenters. The summed E-state index contributed by atoms with van der Waals surface area (Å²) < 4.78 is 1.66. The SMILES string of the molecule is Cc1cc(C(=O)Nc2ccnc(N(C)C)n2)ccc1-n1cncn1. The first-order valence-corrected chi connectivity index (χ1v) is 7.32. The summed E-state index contributed by atoms with van der Waals surface area (Å²) >= 11 is 0. The van der Waals surface area contributed by atoms with E-state index in [1.54, 1.807) is 40.3 Å². The first-order chi connectivity index (χ1) is 11.5. The minimum absolute atomic E-state index is 0.230. The van der Waals surface area contributed by atoms with Crippen LogP contribution in [0.25, 0.3) is 5.69 Å². The van der Waals surface area contributed by atoms with Crippen molar-refractivity contribution >= 4 is 17.7 Å². The maximum atomic E-state index is 12.4. The molecule has 1 amide bonds. The van der Waals surface area contributed by atoms with Gasteiger partial charge in [0.2, 0.25) is 5.95 Å². The molecular weight excluding hydrogens is 306 g/mol. The first-order valence-electron chi connectivity index (χ1n) is 7.32. The molecule has 0 aliphatic heterocycles. The number of aryl methyl sites for hydroxylation is 1. The summed E-state index contributed by atoms with van der Waals surface area (Å²) in [6, 6.07) is 7.04. The number of nitrogens with one attached hydrogen (secondary N) is 1. The van der Waals surface area contributed by atoms with E-state index in [0.717, 1.165) is 11.3 Å². The lowest BCUT2D eigenvalue weighted by molar-refractivity contribution is 0.102. The second kappa shape index (κ2) is 6.45. The molecule has 1 N–H and O–H groups in total. The van der Waals surface area contributed by atoms with Gasteiger partial charge in [-0.3, -0.25) is 4.79 Å². The molecule has 8 heteroatoms. The van der Waals surface area contributed by atoms with Crippen LogP contribution < -0.4 is 10.2 Å². The molecule has 0 spiro atoms. The normalized spacial score (nSPS) is 10.5. The number of hydrogen-bond donors (Lipinski definition) is 1. The van der Waals surface area contributed by atoms with Gasteiger partial charge in [0.05, 0.1) is 5.69 Å². The van der Waals surface area contributed by atoms with Gasteiger partial charge in [0.15, 0.2) is 0 Å². The van der Waals surface area contributed by atoms with E-state index in [-0.39, 0.29) is 5.91 Å². The molecule has 24 heavy (non-hydrogen) atoms. The molecule has 1 aromatic carbocycles. The van der Waals surface area contributed by atoms with Crippen molar-refractivity contribution in [1.82, 2.24) is 24.7 Å². The van der Waals surface area contributed by atoms with Gasteiger partial charge in [-0.05, 0) is 36.8 Å². The topological polar surface area (TPSA) is 88.8 Å². The number of aromatic nitrogens is 5. The van der Waals surface area contributed by atoms with Crippen molar-refractivity contribution in [2.75, 3.05) is 24.3 Å². The van der Waals surface area contributed by atoms with Crippen LogP contribution in [0.5, 0.6) is 0 Å². The van der Waals surface area contributed by atoms with E-state index in [1.165, 1.54) is 6.33 Å². The lowest BCUT2D eigenvalue weighted by Gasteiger charge is -2.12. The molecule has 0 bridgehead atoms. The Morgan fingerprint density at radius 2 is 2.08 bits per heavy atom. The molecular formula is C16H17N7O. The van der Waals surface area contributed by atoms with Crippen molar-refractivity contribution in [3.8, 4) is 5.69 Å². The zero-order chi connectivity index (χ0) is 17.1. The molecule has 3 rings (SSSR count). The highest BCUT2D eigenvalue weighted by Gasteiger charge is 2.11. The van der Waals surface area contributed by atoms with Gasteiger partial charge in [-0.2, -0.15) is 10.1 Å². The van der Waals surface area contributed by atoms with Crippen LogP contribution in [0.2, 0.25) is 0 Å². The number of anilines is 2. The van der Waals surface area contributed by atoms with Crippen LogP contribution >= 0.6 is 0 Å². The number of nitrogens with zero attached hydrogens (tertiary/aromatic N) is 6. The van der Waals surface area contributed by atoms with Crippen molar-refractivity contribution < 1.29 is 4.79 Å². The second-order valence-corrected chi connectivity index (χ2v) is 5.43. The fourth-order valence-corrected chi connectivity index (χ4v) is 2.21. The standard InChI is InChI=1S/C16H17N7O/c1-11-8-12(4-5-13(11)23-10-17-9-19-23)15(24)20-14-6-7-18-16(21-14)22(2)3/h4-10H,1-3H3,(H,18,20,21,24). The molecule has 0 saturated carbocycles. The zero-order valence-electron chi connectivity index (χ0n) is 13.6. The summed E-state index contributed by atoms with van der Waals surface area (Å²) in [5.41, 5.74) is 2.34. The third-order valence-electron chi connectivity index (χ3n) is 3.41. The Morgan fingerprint density at radius 1 is 1.25 bits per heavy atom. The first kappa shape index (κ1) is 15.6. The van der Waals surface area contributed by atoms with Crippen molar-refractivity contribution in [2.24, 2.45) is 0 Å². The second-order valence-electron chi connectivity index (χ2n) is 5.43. The summed E-state index contributed by atoms with van der Waals surface area (Å²) in [6.45, 7) is 1.92. The molecule has 122 valence electrons. The van der Waals surface area contributed by atoms with Crippen LogP contribution in [0.3, 0.4) is 0 Å². The highest BCUT2D eigenvalue weighted by atomic mass is 16.1. The summed E-state index contributed by atoms with van der Waals surface area (Å²) in [7, 11) is 3.68. The van der Waals surface area contributed by atoms with E-state index in [4.69, 9.17) is 0 Å². The van der Waals surface area contributed by atoms with Crippen molar-refractivity contribution in [2.45, 2.75) is 6.92 Å². The van der Waals surface area contributed by atoms with Crippen LogP contribution in [-0.2, 0) is 0 Å². The van der Waals surface area contributed by atoms with Gasteiger partial charge >= 0.3 is 0 Å². The Labute approximate surface area is 139 Å². The molecule has 0 saturated heterocycles. The minimum atomic E-state index is -0.230. The third-order valence-corrected chi connectivity index (χ3v) is 3.41. The molecule has 8 nitrogen and oxygen atoms in total. The summed E-state index contributed by atoms with van der Waals surface area (Å²) in [6.07, 6.45) is 4.69. The number of hydrogen-bond acceptors (Lipinski definition) is 6. The smallest absolute Gasteiger partial charge is 0.256 e. The van der Waals surface area contributed by atoms with Gasteiger partial charge < -0.3 is 10.2 Å². The maximum absolute atomic E-state index is 12.4. The lowest BCUT2D eigenvalue weighted by atomic mass is 10.1. The monoisotopic (exact) mass is 323 g/mol. The summed E-state index contributed by atoms with van der Waals surface area (Å²) in [4.78, 5) is 26.5. The van der Waals surface area contributed by atoms with Gasteiger partial charge in [-0.15, -0.1) is 0 Å². The number of carbonyl (C=O) groups is 1. The van der Waals surface area contributed by atoms with E-state index in [1.807, 2.05) is 27.1 Å². The molecule has 2 heterocycles. The molecule has 0 aliphatic carbocycles. The van der Waals surface area contributed by atoms with Crippen molar-refractivity contribution in [3.63, 3.8) is 0 Å². The van der Waals surface area contributed by atoms with E-state index in [9.17, 15) is 4.79 Å². The van der Waals surface area contributed by atoms with Crippen LogP contribution in [0, 0.1) is 6.92 Å². The zero-order valence-corrected chi connectivity index (χ0v) is 13.6. The highest BCUT2D eigenvalue weighted by molar-refractivity contribution is 6.04. The van der Waals surface area contributed by atoms with Gasteiger partial charge in [0.25, 0.3) is 5.91 Å². The molecule has 2 aromatic heterocycles. The van der Waals surface area contributed by atoms with Crippen molar-refractivity contribution in [1.29, 1.82) is 0 Å². The molecule has 0 fully saturated rings. The van der Waals surface area contributed by atoms with Crippen molar-refractivity contribution in [3.05, 3.63) is 54.2 Å². The average molecular weight is 323 g/mol. The van der Waals surface area contributed by atoms with Crippen LogP contribution in [-0.4, -0.2) is 44.7 Å². The fraction of sp³-hybridized carbons (Fsp3) is 0.188. The number of rotatable bonds is 4. The predicted octanol–water partition coefficient (Wildman–Crippen LogP) is 1.68. The Hall–Kier alpha value is -3.29. The minimum Gasteiger partial charge on any atom is -0.347 e. The van der Waals surface area contributed by atoms with Gasteiger partial charge in [0.1, 0.15) is 18.5 Å². The molecule has 0 atom stereocenters. The van der Waals surface area contributed by atoms with E-state index >= 15 is 0 Å². The number of benzene rings is 1. The Morgan fingerprint density at radius 3 is 2.75 bits per heavy atom. The predicted molar refractivity (Wildman–Crippen MR) is 90.4 cm³/mol. The molecule has 3 aromatic rings. The average Bonchev–Trinajstić information content (AvgIpc) is 3.09. The van der Waals surface area contributed by atoms with Crippen LogP contribution in [0.15, 0.2) is 43.1 Å². The largest absolute Gasteiger partial charge is 0.347 e. The number of carbonyl (C=O) groups excluding carboxylic acids is 1. The fourth-order valence-electron chi connectivity index (χ4n) is 2.21. The summed E-state index contributed by atoms with van der Waals surface area (Å²) in [5.74, 6) is 0.758. The Kier molecular flexibility index (Phi) is 4.19. The summed E-state index contributed by atoms with van der Waals surface area (Å²) in [5, 5.41) is 6.88. The molecule has 0 radical (unpaired) electrons. The lowest BCUT2D eigenvalue weighted by Crippen LogP contribution is -2.17. The van der Waals surface area contributed by atoms with E-state index < -0.39 is 0 Å². The highest BCUT2D eigenvalue weighted by Crippen LogP contribution is 2.16. The third kappa shape index (κ3) is 3.22. The van der Waals surface area contributed by atoms with E-state index in [2.05, 4.69) is 25.4 Å². The number of amides is 1.